The van der Waals surface area contributed by atoms with Crippen LogP contribution in [0.4, 0.5) is 0 Å². The van der Waals surface area contributed by atoms with Gasteiger partial charge in [0.1, 0.15) is 5.75 Å². The van der Waals surface area contributed by atoms with Gasteiger partial charge in [-0.15, -0.1) is 11.3 Å². The highest BCUT2D eigenvalue weighted by atomic mass is 32.1. The fraction of sp³-hybridized carbons (Fsp3) is 0.100. The molecule has 5 heteroatoms. The standard InChI is InChI=1S/C20H16N2O2S/c21-13-15-8-10-17(11-9-15)24-14-19(23)22-20(18-7-4-12-25-18)16-5-2-1-3-6-16/h1-12,20H,14H2,(H,22,23). The van der Waals surface area contributed by atoms with E-state index in [2.05, 4.69) is 5.32 Å². The quantitative estimate of drug-likeness (QED) is 0.735. The molecule has 0 aliphatic heterocycles. The van der Waals surface area contributed by atoms with E-state index in [4.69, 9.17) is 10.00 Å². The molecule has 4 nitrogen and oxygen atoms in total. The average molecular weight is 348 g/mol. The molecule has 1 heterocycles. The molecule has 1 atom stereocenters. The molecule has 1 unspecified atom stereocenters. The zero-order valence-corrected chi connectivity index (χ0v) is 14.2. The lowest BCUT2D eigenvalue weighted by Gasteiger charge is -2.18. The van der Waals surface area contributed by atoms with Crippen molar-refractivity contribution in [2.24, 2.45) is 0 Å². The Bertz CT molecular complexity index is 853. The Morgan fingerprint density at radius 2 is 1.84 bits per heavy atom. The van der Waals surface area contributed by atoms with Crippen molar-refractivity contribution in [2.45, 2.75) is 6.04 Å². The minimum atomic E-state index is -0.202. The number of amides is 1. The zero-order valence-electron chi connectivity index (χ0n) is 13.4. The van der Waals surface area contributed by atoms with Crippen molar-refractivity contribution in [2.75, 3.05) is 6.61 Å². The summed E-state index contributed by atoms with van der Waals surface area (Å²) < 4.78 is 5.50. The van der Waals surface area contributed by atoms with Crippen LogP contribution in [0.15, 0.2) is 72.1 Å². The molecular formula is C20H16N2O2S. The molecule has 0 radical (unpaired) electrons. The molecule has 0 saturated carbocycles. The van der Waals surface area contributed by atoms with E-state index in [-0.39, 0.29) is 18.6 Å². The summed E-state index contributed by atoms with van der Waals surface area (Å²) >= 11 is 1.60. The molecule has 25 heavy (non-hydrogen) atoms. The van der Waals surface area contributed by atoms with Gasteiger partial charge in [-0.3, -0.25) is 4.79 Å². The van der Waals surface area contributed by atoms with E-state index < -0.39 is 0 Å². The molecule has 0 bridgehead atoms. The predicted molar refractivity (Wildman–Crippen MR) is 97.4 cm³/mol. The fourth-order valence-corrected chi connectivity index (χ4v) is 3.20. The maximum absolute atomic E-state index is 12.3. The van der Waals surface area contributed by atoms with Crippen LogP contribution in [0.3, 0.4) is 0 Å². The number of nitrogens with zero attached hydrogens (tertiary/aromatic N) is 1. The maximum Gasteiger partial charge on any atom is 0.258 e. The smallest absolute Gasteiger partial charge is 0.258 e. The number of hydrogen-bond acceptors (Lipinski definition) is 4. The Hall–Kier alpha value is -3.10. The first kappa shape index (κ1) is 16.7. The molecule has 1 aromatic heterocycles. The number of rotatable bonds is 6. The van der Waals surface area contributed by atoms with E-state index in [0.717, 1.165) is 10.4 Å². The number of nitriles is 1. The minimum absolute atomic E-state index is 0.0827. The largest absolute Gasteiger partial charge is 0.484 e. The zero-order chi connectivity index (χ0) is 17.5. The maximum atomic E-state index is 12.3. The third-order valence-electron chi connectivity index (χ3n) is 3.62. The minimum Gasteiger partial charge on any atom is -0.484 e. The molecule has 1 amide bonds. The first-order valence-electron chi connectivity index (χ1n) is 7.77. The summed E-state index contributed by atoms with van der Waals surface area (Å²) in [7, 11) is 0. The molecule has 124 valence electrons. The van der Waals surface area contributed by atoms with Crippen LogP contribution < -0.4 is 10.1 Å². The van der Waals surface area contributed by atoms with E-state index in [1.807, 2.05) is 53.9 Å². The van der Waals surface area contributed by atoms with Gasteiger partial charge in [-0.2, -0.15) is 5.26 Å². The number of benzene rings is 2. The van der Waals surface area contributed by atoms with Crippen LogP contribution in [0, 0.1) is 11.3 Å². The molecular weight excluding hydrogens is 332 g/mol. The Morgan fingerprint density at radius 1 is 1.08 bits per heavy atom. The molecule has 3 aromatic rings. The third-order valence-corrected chi connectivity index (χ3v) is 4.56. The lowest BCUT2D eigenvalue weighted by molar-refractivity contribution is -0.123. The first-order valence-corrected chi connectivity index (χ1v) is 8.65. The molecule has 2 aromatic carbocycles. The Balaban J connectivity index is 1.65. The number of carbonyl (C=O) groups excluding carboxylic acids is 1. The fourth-order valence-electron chi connectivity index (χ4n) is 2.40. The van der Waals surface area contributed by atoms with Crippen LogP contribution in [0.1, 0.15) is 22.0 Å². The van der Waals surface area contributed by atoms with Crippen molar-refractivity contribution >= 4 is 17.2 Å². The average Bonchev–Trinajstić information content (AvgIpc) is 3.20. The van der Waals surface area contributed by atoms with Gasteiger partial charge in [0.2, 0.25) is 0 Å². The number of hydrogen-bond donors (Lipinski definition) is 1. The van der Waals surface area contributed by atoms with Gasteiger partial charge in [0.05, 0.1) is 17.7 Å². The summed E-state index contributed by atoms with van der Waals surface area (Å²) in [5.41, 5.74) is 1.58. The van der Waals surface area contributed by atoms with Crippen molar-refractivity contribution in [3.8, 4) is 11.8 Å². The van der Waals surface area contributed by atoms with E-state index in [1.165, 1.54) is 0 Å². The van der Waals surface area contributed by atoms with Crippen molar-refractivity contribution in [3.05, 3.63) is 88.1 Å². The second-order valence-electron chi connectivity index (χ2n) is 5.35. The Morgan fingerprint density at radius 3 is 2.48 bits per heavy atom. The van der Waals surface area contributed by atoms with Crippen LogP contribution in [0.5, 0.6) is 5.75 Å². The summed E-state index contributed by atoms with van der Waals surface area (Å²) in [6.45, 7) is -0.0827. The van der Waals surface area contributed by atoms with Crippen LogP contribution in [-0.2, 0) is 4.79 Å². The molecule has 0 aliphatic carbocycles. The van der Waals surface area contributed by atoms with E-state index >= 15 is 0 Å². The highest BCUT2D eigenvalue weighted by Crippen LogP contribution is 2.25. The van der Waals surface area contributed by atoms with Gasteiger partial charge in [0.15, 0.2) is 6.61 Å². The molecule has 0 spiro atoms. The number of thiophene rings is 1. The summed E-state index contributed by atoms with van der Waals surface area (Å²) in [6, 6.07) is 22.3. The van der Waals surface area contributed by atoms with Gasteiger partial charge in [-0.25, -0.2) is 0 Å². The normalized spacial score (nSPS) is 11.3. The number of ether oxygens (including phenoxy) is 1. The van der Waals surface area contributed by atoms with Crippen molar-refractivity contribution in [1.29, 1.82) is 5.26 Å². The van der Waals surface area contributed by atoms with Gasteiger partial charge in [0.25, 0.3) is 5.91 Å². The van der Waals surface area contributed by atoms with Crippen LogP contribution >= 0.6 is 11.3 Å². The summed E-state index contributed by atoms with van der Waals surface area (Å²) in [5, 5.41) is 13.8. The second kappa shape index (κ2) is 8.13. The van der Waals surface area contributed by atoms with E-state index in [1.54, 1.807) is 35.6 Å². The van der Waals surface area contributed by atoms with Crippen LogP contribution in [-0.4, -0.2) is 12.5 Å². The van der Waals surface area contributed by atoms with E-state index in [9.17, 15) is 4.79 Å². The predicted octanol–water partition coefficient (Wildman–Crippen LogP) is 3.90. The highest BCUT2D eigenvalue weighted by molar-refractivity contribution is 7.10. The molecule has 0 aliphatic rings. The van der Waals surface area contributed by atoms with E-state index in [0.29, 0.717) is 11.3 Å². The summed E-state index contributed by atoms with van der Waals surface area (Å²) in [5.74, 6) is 0.355. The van der Waals surface area contributed by atoms with Gasteiger partial charge < -0.3 is 10.1 Å². The molecule has 3 rings (SSSR count). The molecule has 1 N–H and O–H groups in total. The van der Waals surface area contributed by atoms with Crippen molar-refractivity contribution < 1.29 is 9.53 Å². The SMILES string of the molecule is N#Cc1ccc(OCC(=O)NC(c2ccccc2)c2cccs2)cc1. The van der Waals surface area contributed by atoms with Gasteiger partial charge in [-0.05, 0) is 41.3 Å². The monoisotopic (exact) mass is 348 g/mol. The lowest BCUT2D eigenvalue weighted by atomic mass is 10.1. The first-order chi connectivity index (χ1) is 12.3. The third kappa shape index (κ3) is 4.46. The van der Waals surface area contributed by atoms with Crippen LogP contribution in [0.25, 0.3) is 0 Å². The Kier molecular flexibility index (Phi) is 5.45. The van der Waals surface area contributed by atoms with Crippen molar-refractivity contribution in [1.82, 2.24) is 5.32 Å². The summed E-state index contributed by atoms with van der Waals surface area (Å²) in [4.78, 5) is 13.4. The van der Waals surface area contributed by atoms with Crippen LogP contribution in [0.2, 0.25) is 0 Å². The molecule has 0 saturated heterocycles. The number of carbonyl (C=O) groups is 1. The number of nitrogens with one attached hydrogen (secondary N) is 1. The summed E-state index contributed by atoms with van der Waals surface area (Å²) in [6.07, 6.45) is 0. The van der Waals surface area contributed by atoms with Gasteiger partial charge in [-0.1, -0.05) is 36.4 Å². The van der Waals surface area contributed by atoms with Gasteiger partial charge >= 0.3 is 0 Å². The highest BCUT2D eigenvalue weighted by Gasteiger charge is 2.17. The second-order valence-corrected chi connectivity index (χ2v) is 6.33. The van der Waals surface area contributed by atoms with Crippen molar-refractivity contribution in [3.63, 3.8) is 0 Å². The Labute approximate surface area is 150 Å². The molecule has 0 fully saturated rings. The lowest BCUT2D eigenvalue weighted by Crippen LogP contribution is -2.32. The van der Waals surface area contributed by atoms with Gasteiger partial charge in [0, 0.05) is 4.88 Å². The topological polar surface area (TPSA) is 62.1 Å².